The van der Waals surface area contributed by atoms with Gasteiger partial charge in [0.15, 0.2) is 0 Å². The Kier molecular flexibility index (Phi) is 5.83. The second kappa shape index (κ2) is 6.69. The zero-order chi connectivity index (χ0) is 13.8. The lowest BCUT2D eigenvalue weighted by molar-refractivity contribution is 0.327. The third kappa shape index (κ3) is 5.51. The molecule has 1 rings (SSSR count). The first-order chi connectivity index (χ1) is 8.31. The summed E-state index contributed by atoms with van der Waals surface area (Å²) in [6.07, 6.45) is 1.22. The molecule has 0 aliphatic carbocycles. The van der Waals surface area contributed by atoms with Crippen LogP contribution in [0.1, 0.15) is 49.4 Å². The molecule has 3 heteroatoms. The van der Waals surface area contributed by atoms with Gasteiger partial charge in [-0.2, -0.15) is 0 Å². The van der Waals surface area contributed by atoms with Crippen LogP contribution >= 0.6 is 11.3 Å². The smallest absolute Gasteiger partial charge is 0.0304 e. The van der Waals surface area contributed by atoms with Crippen molar-refractivity contribution < 1.29 is 0 Å². The summed E-state index contributed by atoms with van der Waals surface area (Å²) in [4.78, 5) is 5.31. The number of nitrogens with zero attached hydrogens (tertiary/aromatic N) is 1. The Balaban J connectivity index is 2.58. The van der Waals surface area contributed by atoms with Crippen LogP contribution in [0.25, 0.3) is 0 Å². The van der Waals surface area contributed by atoms with E-state index in [1.54, 1.807) is 0 Å². The molecule has 0 atom stereocenters. The van der Waals surface area contributed by atoms with Crippen LogP contribution in [0.3, 0.4) is 0 Å². The van der Waals surface area contributed by atoms with Crippen molar-refractivity contribution in [2.24, 2.45) is 0 Å². The van der Waals surface area contributed by atoms with Crippen molar-refractivity contribution in [1.82, 2.24) is 10.2 Å². The highest BCUT2D eigenvalue weighted by Crippen LogP contribution is 2.23. The van der Waals surface area contributed by atoms with Gasteiger partial charge in [-0.3, -0.25) is 0 Å². The number of aryl methyl sites for hydroxylation is 1. The molecule has 0 radical (unpaired) electrons. The van der Waals surface area contributed by atoms with E-state index in [9.17, 15) is 0 Å². The zero-order valence-electron chi connectivity index (χ0n) is 12.8. The third-order valence-corrected chi connectivity index (χ3v) is 4.00. The average molecular weight is 268 g/mol. The van der Waals surface area contributed by atoms with Crippen molar-refractivity contribution >= 4 is 11.3 Å². The fraction of sp³-hybridized carbons (Fsp3) is 0.733. The number of nitrogens with one attached hydrogen (secondary N) is 1. The Morgan fingerprint density at radius 2 is 2.00 bits per heavy atom. The predicted octanol–water partition coefficient (Wildman–Crippen LogP) is 3.79. The van der Waals surface area contributed by atoms with E-state index < -0.39 is 0 Å². The van der Waals surface area contributed by atoms with Gasteiger partial charge in [-0.15, -0.1) is 11.3 Å². The first-order valence-corrected chi connectivity index (χ1v) is 7.65. The van der Waals surface area contributed by atoms with Crippen molar-refractivity contribution in [3.63, 3.8) is 0 Å². The Morgan fingerprint density at radius 1 is 1.33 bits per heavy atom. The highest BCUT2D eigenvalue weighted by molar-refractivity contribution is 7.12. The largest absolute Gasteiger partial charge is 0.307 e. The van der Waals surface area contributed by atoms with Crippen LogP contribution in [0.4, 0.5) is 0 Å². The molecule has 2 nitrogen and oxygen atoms in total. The molecule has 18 heavy (non-hydrogen) atoms. The maximum Gasteiger partial charge on any atom is 0.0304 e. The van der Waals surface area contributed by atoms with Gasteiger partial charge in [0.25, 0.3) is 0 Å². The molecule has 0 spiro atoms. The lowest BCUT2D eigenvalue weighted by atomic mass is 10.1. The summed E-state index contributed by atoms with van der Waals surface area (Å²) in [5, 5.41) is 3.55. The Morgan fingerprint density at radius 3 is 2.56 bits per heavy atom. The van der Waals surface area contributed by atoms with Crippen LogP contribution in [-0.2, 0) is 13.1 Å². The molecule has 0 aliphatic rings. The average Bonchev–Trinajstić information content (AvgIpc) is 2.56. The molecule has 0 aromatic carbocycles. The third-order valence-electron chi connectivity index (χ3n) is 2.91. The minimum atomic E-state index is 0.192. The summed E-state index contributed by atoms with van der Waals surface area (Å²) in [7, 11) is 2.20. The Hall–Kier alpha value is -0.380. The van der Waals surface area contributed by atoms with Gasteiger partial charge in [-0.1, -0.05) is 6.92 Å². The van der Waals surface area contributed by atoms with Crippen molar-refractivity contribution in [2.75, 3.05) is 13.6 Å². The Bertz CT molecular complexity index is 363. The number of hydrogen-bond donors (Lipinski definition) is 1. The topological polar surface area (TPSA) is 15.3 Å². The molecule has 1 aromatic heterocycles. The molecule has 1 heterocycles. The quantitative estimate of drug-likeness (QED) is 0.844. The van der Waals surface area contributed by atoms with E-state index in [2.05, 4.69) is 57.9 Å². The molecule has 104 valence electrons. The van der Waals surface area contributed by atoms with E-state index >= 15 is 0 Å². The van der Waals surface area contributed by atoms with Crippen molar-refractivity contribution in [3.8, 4) is 0 Å². The maximum absolute atomic E-state index is 3.55. The predicted molar refractivity (Wildman–Crippen MR) is 82.3 cm³/mol. The summed E-state index contributed by atoms with van der Waals surface area (Å²) in [5.41, 5.74) is 1.68. The second-order valence-electron chi connectivity index (χ2n) is 6.14. The standard InChI is InChI=1S/C15H28N2S/c1-7-8-17(6)11-13-9-14(18-12(13)2)10-16-15(3,4)5/h9,16H,7-8,10-11H2,1-6H3. The molecule has 1 aromatic rings. The molecule has 0 unspecified atom stereocenters. The van der Waals surface area contributed by atoms with Gasteiger partial charge in [-0.25, -0.2) is 0 Å². The normalized spacial score (nSPS) is 12.4. The van der Waals surface area contributed by atoms with Crippen molar-refractivity contribution in [2.45, 2.75) is 59.7 Å². The highest BCUT2D eigenvalue weighted by atomic mass is 32.1. The molecule has 1 N–H and O–H groups in total. The SMILES string of the molecule is CCCN(C)Cc1cc(CNC(C)(C)C)sc1C. The van der Waals surface area contributed by atoms with Crippen molar-refractivity contribution in [1.29, 1.82) is 0 Å². The number of hydrogen-bond acceptors (Lipinski definition) is 3. The van der Waals surface area contributed by atoms with E-state index in [-0.39, 0.29) is 5.54 Å². The van der Waals surface area contributed by atoms with Crippen LogP contribution in [0.2, 0.25) is 0 Å². The minimum absolute atomic E-state index is 0.192. The molecule has 0 aliphatic heterocycles. The fourth-order valence-corrected chi connectivity index (χ4v) is 2.93. The maximum atomic E-state index is 3.55. The van der Waals surface area contributed by atoms with Gasteiger partial charge < -0.3 is 10.2 Å². The van der Waals surface area contributed by atoms with Gasteiger partial charge in [-0.05, 0) is 59.3 Å². The van der Waals surface area contributed by atoms with E-state index in [0.29, 0.717) is 0 Å². The van der Waals surface area contributed by atoms with E-state index in [4.69, 9.17) is 0 Å². The van der Waals surface area contributed by atoms with Crippen molar-refractivity contribution in [3.05, 3.63) is 21.4 Å². The van der Waals surface area contributed by atoms with Gasteiger partial charge in [0, 0.05) is 28.4 Å². The van der Waals surface area contributed by atoms with Crippen LogP contribution in [0.15, 0.2) is 6.07 Å². The minimum Gasteiger partial charge on any atom is -0.307 e. The number of rotatable bonds is 6. The first-order valence-electron chi connectivity index (χ1n) is 6.83. The summed E-state index contributed by atoms with van der Waals surface area (Å²) in [5.74, 6) is 0. The molecule has 0 fully saturated rings. The lowest BCUT2D eigenvalue weighted by Gasteiger charge is -2.19. The van der Waals surface area contributed by atoms with Crippen LogP contribution < -0.4 is 5.32 Å². The van der Waals surface area contributed by atoms with Gasteiger partial charge >= 0.3 is 0 Å². The van der Waals surface area contributed by atoms with Gasteiger partial charge in [0.05, 0.1) is 0 Å². The molecular weight excluding hydrogens is 240 g/mol. The summed E-state index contributed by atoms with van der Waals surface area (Å²) in [6, 6.07) is 2.37. The first kappa shape index (κ1) is 15.7. The Labute approximate surface area is 116 Å². The van der Waals surface area contributed by atoms with Crippen LogP contribution in [0, 0.1) is 6.92 Å². The summed E-state index contributed by atoms with van der Waals surface area (Å²) in [6.45, 7) is 14.3. The lowest BCUT2D eigenvalue weighted by Crippen LogP contribution is -2.34. The summed E-state index contributed by atoms with van der Waals surface area (Å²) >= 11 is 1.93. The van der Waals surface area contributed by atoms with Crippen LogP contribution in [0.5, 0.6) is 0 Å². The summed E-state index contributed by atoms with van der Waals surface area (Å²) < 4.78 is 0. The monoisotopic (exact) mass is 268 g/mol. The fourth-order valence-electron chi connectivity index (χ4n) is 1.94. The highest BCUT2D eigenvalue weighted by Gasteiger charge is 2.11. The van der Waals surface area contributed by atoms with Gasteiger partial charge in [0.1, 0.15) is 0 Å². The molecule has 0 saturated carbocycles. The molecule has 0 saturated heterocycles. The molecule has 0 amide bonds. The van der Waals surface area contributed by atoms with E-state index in [0.717, 1.165) is 13.1 Å². The second-order valence-corrected chi connectivity index (χ2v) is 7.48. The molecule has 0 bridgehead atoms. The van der Waals surface area contributed by atoms with E-state index in [1.165, 1.54) is 28.3 Å². The number of thiophene rings is 1. The molecular formula is C15H28N2S. The van der Waals surface area contributed by atoms with Crippen LogP contribution in [-0.4, -0.2) is 24.0 Å². The zero-order valence-corrected chi connectivity index (χ0v) is 13.6. The van der Waals surface area contributed by atoms with Gasteiger partial charge in [0.2, 0.25) is 0 Å². The van der Waals surface area contributed by atoms with E-state index in [1.807, 2.05) is 11.3 Å².